The van der Waals surface area contributed by atoms with Gasteiger partial charge >= 0.3 is 0 Å². The number of pyridine rings is 1. The third-order valence-corrected chi connectivity index (χ3v) is 2.73. The molecule has 18 heavy (non-hydrogen) atoms. The van der Waals surface area contributed by atoms with Gasteiger partial charge in [0, 0.05) is 12.7 Å². The summed E-state index contributed by atoms with van der Waals surface area (Å²) < 4.78 is 0. The molecule has 3 N–H and O–H groups in total. The van der Waals surface area contributed by atoms with Gasteiger partial charge in [-0.3, -0.25) is 10.4 Å². The summed E-state index contributed by atoms with van der Waals surface area (Å²) >= 11 is 0. The van der Waals surface area contributed by atoms with Crippen molar-refractivity contribution in [3.8, 4) is 0 Å². The Bertz CT molecular complexity index is 389. The molecule has 1 heterocycles. The van der Waals surface area contributed by atoms with Crippen LogP contribution in [0.25, 0.3) is 0 Å². The van der Waals surface area contributed by atoms with Crippen molar-refractivity contribution in [1.29, 1.82) is 5.41 Å². The van der Waals surface area contributed by atoms with Crippen molar-refractivity contribution >= 4 is 5.84 Å². The monoisotopic (exact) mass is 249 g/mol. The molecule has 1 rings (SSSR count). The first-order valence-corrected chi connectivity index (χ1v) is 6.12. The molecule has 0 aliphatic heterocycles. The van der Waals surface area contributed by atoms with Crippen LogP contribution in [0.2, 0.25) is 0 Å². The largest absolute Gasteiger partial charge is 0.382 e. The van der Waals surface area contributed by atoms with Gasteiger partial charge in [0.15, 0.2) is 0 Å². The Kier molecular flexibility index (Phi) is 5.74. The van der Waals surface area contributed by atoms with Gasteiger partial charge in [-0.05, 0) is 52.3 Å². The molecule has 0 aromatic carbocycles. The molecule has 100 valence electrons. The average Bonchev–Trinajstić information content (AvgIpc) is 2.28. The van der Waals surface area contributed by atoms with Gasteiger partial charge in [-0.1, -0.05) is 6.07 Å². The second-order valence-corrected chi connectivity index (χ2v) is 4.82. The summed E-state index contributed by atoms with van der Waals surface area (Å²) in [6.45, 7) is 2.87. The van der Waals surface area contributed by atoms with E-state index in [0.29, 0.717) is 5.69 Å². The summed E-state index contributed by atoms with van der Waals surface area (Å²) in [7, 11) is 6.23. The molecule has 1 aromatic heterocycles. The maximum absolute atomic E-state index is 7.50. The Balaban J connectivity index is 2.53. The van der Waals surface area contributed by atoms with Crippen LogP contribution in [0, 0.1) is 5.41 Å². The molecule has 0 radical (unpaired) electrons. The molecule has 0 bridgehead atoms. The molecule has 0 saturated heterocycles. The molecule has 0 atom stereocenters. The summed E-state index contributed by atoms with van der Waals surface area (Å²) in [5.74, 6) is 0.0345. The van der Waals surface area contributed by atoms with Crippen molar-refractivity contribution in [2.24, 2.45) is 5.73 Å². The number of aromatic nitrogens is 1. The third kappa shape index (κ3) is 4.81. The maximum atomic E-state index is 7.50. The van der Waals surface area contributed by atoms with Gasteiger partial charge in [-0.25, -0.2) is 0 Å². The quantitative estimate of drug-likeness (QED) is 0.552. The molecule has 0 unspecified atom stereocenters. The van der Waals surface area contributed by atoms with Gasteiger partial charge in [0.25, 0.3) is 0 Å². The Labute approximate surface area is 109 Å². The van der Waals surface area contributed by atoms with E-state index in [1.165, 1.54) is 0 Å². The summed E-state index contributed by atoms with van der Waals surface area (Å²) in [6, 6.07) is 3.86. The standard InChI is InChI=1S/C13H23N5/c1-17(2)8-5-9-18(3)10-11-6-4-7-16-12(11)13(14)15/h4,6-7H,5,8-10H2,1-3H3,(H3,14,15). The third-order valence-electron chi connectivity index (χ3n) is 2.73. The van der Waals surface area contributed by atoms with Gasteiger partial charge in [0.05, 0.1) is 0 Å². The molecule has 0 aliphatic carbocycles. The van der Waals surface area contributed by atoms with Crippen LogP contribution < -0.4 is 5.73 Å². The second kappa shape index (κ2) is 7.08. The predicted molar refractivity (Wildman–Crippen MR) is 74.8 cm³/mol. The first-order valence-electron chi connectivity index (χ1n) is 6.12. The lowest BCUT2D eigenvalue weighted by molar-refractivity contribution is 0.294. The van der Waals surface area contributed by atoms with Crippen LogP contribution in [0.5, 0.6) is 0 Å². The Morgan fingerprint density at radius 3 is 2.67 bits per heavy atom. The average molecular weight is 249 g/mol. The van der Waals surface area contributed by atoms with Gasteiger partial charge in [0.2, 0.25) is 0 Å². The molecule has 0 amide bonds. The number of hydrogen-bond acceptors (Lipinski definition) is 4. The number of hydrogen-bond donors (Lipinski definition) is 2. The highest BCUT2D eigenvalue weighted by Crippen LogP contribution is 2.07. The first kappa shape index (κ1) is 14.6. The minimum Gasteiger partial charge on any atom is -0.382 e. The molecular formula is C13H23N5. The second-order valence-electron chi connectivity index (χ2n) is 4.82. The molecule has 0 fully saturated rings. The van der Waals surface area contributed by atoms with Crippen LogP contribution in [-0.2, 0) is 6.54 Å². The maximum Gasteiger partial charge on any atom is 0.142 e. The van der Waals surface area contributed by atoms with E-state index in [1.54, 1.807) is 6.20 Å². The topological polar surface area (TPSA) is 69.2 Å². The fourth-order valence-electron chi connectivity index (χ4n) is 1.84. The normalized spacial score (nSPS) is 11.2. The first-order chi connectivity index (χ1) is 8.50. The van der Waals surface area contributed by atoms with Crippen LogP contribution in [0.1, 0.15) is 17.7 Å². The van der Waals surface area contributed by atoms with E-state index in [-0.39, 0.29) is 5.84 Å². The predicted octanol–water partition coefficient (Wildman–Crippen LogP) is 0.749. The summed E-state index contributed by atoms with van der Waals surface area (Å²) in [4.78, 5) is 8.56. The van der Waals surface area contributed by atoms with Crippen LogP contribution in [0.15, 0.2) is 18.3 Å². The van der Waals surface area contributed by atoms with E-state index in [2.05, 4.69) is 35.9 Å². The zero-order valence-corrected chi connectivity index (χ0v) is 11.5. The smallest absolute Gasteiger partial charge is 0.142 e. The molecule has 0 spiro atoms. The van der Waals surface area contributed by atoms with Crippen molar-refractivity contribution in [1.82, 2.24) is 14.8 Å². The zero-order chi connectivity index (χ0) is 13.5. The van der Waals surface area contributed by atoms with Crippen LogP contribution in [-0.4, -0.2) is 54.9 Å². The van der Waals surface area contributed by atoms with Crippen molar-refractivity contribution in [3.63, 3.8) is 0 Å². The van der Waals surface area contributed by atoms with Gasteiger partial charge in [-0.2, -0.15) is 0 Å². The Morgan fingerprint density at radius 2 is 2.06 bits per heavy atom. The van der Waals surface area contributed by atoms with Gasteiger partial charge in [0.1, 0.15) is 11.5 Å². The molecule has 5 heteroatoms. The molecule has 0 saturated carbocycles. The van der Waals surface area contributed by atoms with E-state index in [4.69, 9.17) is 11.1 Å². The lowest BCUT2D eigenvalue weighted by Gasteiger charge is -2.19. The van der Waals surface area contributed by atoms with Crippen LogP contribution in [0.3, 0.4) is 0 Å². The number of amidine groups is 1. The van der Waals surface area contributed by atoms with Crippen LogP contribution >= 0.6 is 0 Å². The molecule has 5 nitrogen and oxygen atoms in total. The lowest BCUT2D eigenvalue weighted by atomic mass is 10.1. The van der Waals surface area contributed by atoms with Crippen molar-refractivity contribution in [3.05, 3.63) is 29.6 Å². The fourth-order valence-corrected chi connectivity index (χ4v) is 1.84. The number of nitrogens with zero attached hydrogens (tertiary/aromatic N) is 3. The van der Waals surface area contributed by atoms with E-state index < -0.39 is 0 Å². The van der Waals surface area contributed by atoms with Crippen LogP contribution in [0.4, 0.5) is 0 Å². The van der Waals surface area contributed by atoms with E-state index in [1.807, 2.05) is 12.1 Å². The zero-order valence-electron chi connectivity index (χ0n) is 11.5. The van der Waals surface area contributed by atoms with E-state index in [0.717, 1.165) is 31.6 Å². The van der Waals surface area contributed by atoms with Crippen molar-refractivity contribution < 1.29 is 0 Å². The minimum atomic E-state index is 0.0345. The number of nitrogen functional groups attached to an aromatic ring is 1. The van der Waals surface area contributed by atoms with Crippen molar-refractivity contribution in [2.75, 3.05) is 34.2 Å². The summed E-state index contributed by atoms with van der Waals surface area (Å²) in [5.41, 5.74) is 7.13. The number of nitrogens with two attached hydrogens (primary N) is 1. The summed E-state index contributed by atoms with van der Waals surface area (Å²) in [6.07, 6.45) is 2.80. The van der Waals surface area contributed by atoms with Crippen molar-refractivity contribution in [2.45, 2.75) is 13.0 Å². The van der Waals surface area contributed by atoms with Gasteiger partial charge < -0.3 is 15.5 Å². The Hall–Kier alpha value is -1.46. The summed E-state index contributed by atoms with van der Waals surface area (Å²) in [5, 5.41) is 7.50. The lowest BCUT2D eigenvalue weighted by Crippen LogP contribution is -2.25. The van der Waals surface area contributed by atoms with E-state index in [9.17, 15) is 0 Å². The molecular weight excluding hydrogens is 226 g/mol. The SMILES string of the molecule is CN(C)CCCN(C)Cc1cccnc1C(=N)N. The molecule has 1 aromatic rings. The Morgan fingerprint density at radius 1 is 1.33 bits per heavy atom. The minimum absolute atomic E-state index is 0.0345. The highest BCUT2D eigenvalue weighted by molar-refractivity contribution is 5.94. The number of nitrogens with one attached hydrogen (secondary N) is 1. The fraction of sp³-hybridized carbons (Fsp3) is 0.538. The number of rotatable bonds is 7. The van der Waals surface area contributed by atoms with E-state index >= 15 is 0 Å². The molecule has 0 aliphatic rings. The highest BCUT2D eigenvalue weighted by atomic mass is 15.1. The highest BCUT2D eigenvalue weighted by Gasteiger charge is 2.08. The van der Waals surface area contributed by atoms with Gasteiger partial charge in [-0.15, -0.1) is 0 Å².